The van der Waals surface area contributed by atoms with Gasteiger partial charge in [-0.15, -0.1) is 5.10 Å². The summed E-state index contributed by atoms with van der Waals surface area (Å²) in [7, 11) is 0. The monoisotopic (exact) mass is 403 g/mol. The Bertz CT molecular complexity index is 1150. The lowest BCUT2D eigenvalue weighted by Gasteiger charge is -2.06. The zero-order chi connectivity index (χ0) is 20.9. The fourth-order valence-electron chi connectivity index (χ4n) is 2.96. The van der Waals surface area contributed by atoms with E-state index in [0.29, 0.717) is 23.6 Å². The highest BCUT2D eigenvalue weighted by molar-refractivity contribution is 6.02. The number of nitrogens with one attached hydrogen (secondary N) is 1. The number of benzene rings is 2. The average molecular weight is 403 g/mol. The molecule has 0 saturated carbocycles. The van der Waals surface area contributed by atoms with E-state index in [0.717, 1.165) is 5.56 Å². The number of hydrogen-bond acceptors (Lipinski definition) is 6. The molecule has 0 saturated heterocycles. The highest BCUT2D eigenvalue weighted by Gasteiger charge is 2.21. The molecular weight excluding hydrogens is 382 g/mol. The minimum atomic E-state index is -0.452. The standard InChI is InChI=1S/C22H21N5O3/c1-15-8-6-7-9-17(15)12-27-14-23-22(25-27)24-21(28)20-19(16(2)30-26-20)13-29-18-10-4-3-5-11-18/h3-11,14H,12-13H2,1-2H3,(H,24,25,28). The van der Waals surface area contributed by atoms with Crippen molar-refractivity contribution in [3.63, 3.8) is 0 Å². The van der Waals surface area contributed by atoms with Crippen LogP contribution < -0.4 is 10.1 Å². The van der Waals surface area contributed by atoms with E-state index in [4.69, 9.17) is 9.26 Å². The molecule has 2 aromatic carbocycles. The van der Waals surface area contributed by atoms with Crippen LogP contribution >= 0.6 is 0 Å². The zero-order valence-corrected chi connectivity index (χ0v) is 16.7. The average Bonchev–Trinajstić information content (AvgIpc) is 3.35. The fourth-order valence-corrected chi connectivity index (χ4v) is 2.96. The summed E-state index contributed by atoms with van der Waals surface area (Å²) >= 11 is 0. The van der Waals surface area contributed by atoms with Crippen molar-refractivity contribution in [1.82, 2.24) is 19.9 Å². The Hall–Kier alpha value is -3.94. The van der Waals surface area contributed by atoms with Crippen LogP contribution in [0.4, 0.5) is 5.95 Å². The van der Waals surface area contributed by atoms with Gasteiger partial charge in [0.05, 0.1) is 12.1 Å². The van der Waals surface area contributed by atoms with Crippen molar-refractivity contribution in [2.45, 2.75) is 27.0 Å². The predicted molar refractivity (Wildman–Crippen MR) is 110 cm³/mol. The van der Waals surface area contributed by atoms with E-state index >= 15 is 0 Å². The Morgan fingerprint density at radius 1 is 1.10 bits per heavy atom. The number of rotatable bonds is 7. The van der Waals surface area contributed by atoms with Crippen LogP contribution in [0.1, 0.15) is 32.9 Å². The van der Waals surface area contributed by atoms with Gasteiger partial charge in [0.15, 0.2) is 5.69 Å². The van der Waals surface area contributed by atoms with Crippen molar-refractivity contribution in [3.05, 3.63) is 89.1 Å². The van der Waals surface area contributed by atoms with E-state index < -0.39 is 5.91 Å². The Kier molecular flexibility index (Phi) is 5.56. The van der Waals surface area contributed by atoms with Gasteiger partial charge in [0.1, 0.15) is 24.4 Å². The van der Waals surface area contributed by atoms with Crippen molar-refractivity contribution < 1.29 is 14.1 Å². The molecule has 30 heavy (non-hydrogen) atoms. The lowest BCUT2D eigenvalue weighted by molar-refractivity contribution is 0.101. The molecule has 0 aliphatic carbocycles. The lowest BCUT2D eigenvalue weighted by Crippen LogP contribution is -2.16. The molecule has 0 bridgehead atoms. The van der Waals surface area contributed by atoms with Gasteiger partial charge in [-0.2, -0.15) is 0 Å². The molecule has 0 atom stereocenters. The predicted octanol–water partition coefficient (Wildman–Crippen LogP) is 3.76. The van der Waals surface area contributed by atoms with Crippen molar-refractivity contribution in [2.24, 2.45) is 0 Å². The first-order chi connectivity index (χ1) is 14.6. The molecule has 4 rings (SSSR count). The lowest BCUT2D eigenvalue weighted by atomic mass is 10.1. The van der Waals surface area contributed by atoms with Gasteiger partial charge in [0, 0.05) is 0 Å². The van der Waals surface area contributed by atoms with Crippen LogP contribution in [-0.4, -0.2) is 25.8 Å². The number of carbonyl (C=O) groups is 1. The summed E-state index contributed by atoms with van der Waals surface area (Å²) < 4.78 is 12.6. The SMILES string of the molecule is Cc1ccccc1Cn1cnc(NC(=O)c2noc(C)c2COc2ccccc2)n1. The van der Waals surface area contributed by atoms with Crippen molar-refractivity contribution >= 4 is 11.9 Å². The van der Waals surface area contributed by atoms with E-state index in [9.17, 15) is 4.79 Å². The number of carbonyl (C=O) groups excluding carboxylic acids is 1. The number of anilines is 1. The summed E-state index contributed by atoms with van der Waals surface area (Å²) in [6.07, 6.45) is 1.58. The first-order valence-corrected chi connectivity index (χ1v) is 9.48. The maximum atomic E-state index is 12.7. The normalized spacial score (nSPS) is 10.7. The first kappa shape index (κ1) is 19.4. The summed E-state index contributed by atoms with van der Waals surface area (Å²) in [6, 6.07) is 17.4. The molecule has 2 heterocycles. The molecule has 152 valence electrons. The Balaban J connectivity index is 1.43. The van der Waals surface area contributed by atoms with Gasteiger partial charge < -0.3 is 9.26 Å². The molecule has 4 aromatic rings. The van der Waals surface area contributed by atoms with Crippen LogP contribution in [0.3, 0.4) is 0 Å². The largest absolute Gasteiger partial charge is 0.489 e. The quantitative estimate of drug-likeness (QED) is 0.505. The van der Waals surface area contributed by atoms with E-state index in [1.54, 1.807) is 17.9 Å². The van der Waals surface area contributed by atoms with Crippen LogP contribution in [-0.2, 0) is 13.2 Å². The summed E-state index contributed by atoms with van der Waals surface area (Å²) in [4.78, 5) is 16.9. The Morgan fingerprint density at radius 3 is 2.67 bits per heavy atom. The van der Waals surface area contributed by atoms with Gasteiger partial charge in [-0.3, -0.25) is 10.1 Å². The van der Waals surface area contributed by atoms with Crippen molar-refractivity contribution in [2.75, 3.05) is 5.32 Å². The summed E-state index contributed by atoms with van der Waals surface area (Å²) in [5.74, 6) is 0.964. The minimum Gasteiger partial charge on any atom is -0.489 e. The van der Waals surface area contributed by atoms with Gasteiger partial charge >= 0.3 is 0 Å². The molecule has 8 nitrogen and oxygen atoms in total. The van der Waals surface area contributed by atoms with Crippen LogP contribution in [0, 0.1) is 13.8 Å². The summed E-state index contributed by atoms with van der Waals surface area (Å²) in [5.41, 5.74) is 3.03. The van der Waals surface area contributed by atoms with Gasteiger partial charge in [-0.1, -0.05) is 47.6 Å². The van der Waals surface area contributed by atoms with Gasteiger partial charge in [-0.05, 0) is 37.1 Å². The fraction of sp³-hybridized carbons (Fsp3) is 0.182. The smallest absolute Gasteiger partial charge is 0.280 e. The number of aromatic nitrogens is 4. The van der Waals surface area contributed by atoms with Gasteiger partial charge in [0.25, 0.3) is 5.91 Å². The first-order valence-electron chi connectivity index (χ1n) is 9.48. The number of ether oxygens (including phenoxy) is 1. The second kappa shape index (κ2) is 8.60. The Labute approximate surface area is 173 Å². The third-order valence-electron chi connectivity index (χ3n) is 4.68. The molecule has 0 spiro atoms. The molecule has 8 heteroatoms. The van der Waals surface area contributed by atoms with E-state index in [1.165, 1.54) is 5.56 Å². The molecule has 0 fully saturated rings. The third kappa shape index (κ3) is 4.38. The maximum absolute atomic E-state index is 12.7. The molecule has 0 radical (unpaired) electrons. The molecule has 0 aliphatic heterocycles. The maximum Gasteiger partial charge on any atom is 0.280 e. The third-order valence-corrected chi connectivity index (χ3v) is 4.68. The number of nitrogens with zero attached hydrogens (tertiary/aromatic N) is 4. The summed E-state index contributed by atoms with van der Waals surface area (Å²) in [5, 5.41) is 10.9. The van der Waals surface area contributed by atoms with Crippen molar-refractivity contribution in [3.8, 4) is 5.75 Å². The Morgan fingerprint density at radius 2 is 1.87 bits per heavy atom. The van der Waals surface area contributed by atoms with E-state index in [-0.39, 0.29) is 18.2 Å². The van der Waals surface area contributed by atoms with Crippen LogP contribution in [0.5, 0.6) is 5.75 Å². The molecule has 0 unspecified atom stereocenters. The second-order valence-corrected chi connectivity index (χ2v) is 6.81. The van der Waals surface area contributed by atoms with Gasteiger partial charge in [-0.25, -0.2) is 9.67 Å². The molecule has 1 amide bonds. The van der Waals surface area contributed by atoms with E-state index in [1.807, 2.05) is 61.5 Å². The molecule has 2 aromatic heterocycles. The topological polar surface area (TPSA) is 95.1 Å². The van der Waals surface area contributed by atoms with Gasteiger partial charge in [0.2, 0.25) is 5.95 Å². The number of amides is 1. The number of para-hydroxylation sites is 1. The number of hydrogen-bond donors (Lipinski definition) is 1. The molecule has 1 N–H and O–H groups in total. The molecular formula is C22H21N5O3. The number of aryl methyl sites for hydroxylation is 2. The van der Waals surface area contributed by atoms with Crippen LogP contribution in [0.15, 0.2) is 65.4 Å². The highest BCUT2D eigenvalue weighted by atomic mass is 16.5. The zero-order valence-electron chi connectivity index (χ0n) is 16.7. The highest BCUT2D eigenvalue weighted by Crippen LogP contribution is 2.18. The molecule has 0 aliphatic rings. The second-order valence-electron chi connectivity index (χ2n) is 6.81. The summed E-state index contributed by atoms with van der Waals surface area (Å²) in [6.45, 7) is 4.51. The van der Waals surface area contributed by atoms with Crippen molar-refractivity contribution in [1.29, 1.82) is 0 Å². The van der Waals surface area contributed by atoms with E-state index in [2.05, 4.69) is 20.6 Å². The van der Waals surface area contributed by atoms with Crippen LogP contribution in [0.2, 0.25) is 0 Å². The van der Waals surface area contributed by atoms with Crippen LogP contribution in [0.25, 0.3) is 0 Å². The minimum absolute atomic E-state index is 0.152.